The van der Waals surface area contributed by atoms with E-state index in [9.17, 15) is 4.79 Å². The normalized spacial score (nSPS) is 12.4. The molecule has 0 aliphatic carbocycles. The number of hydrogen-bond donors (Lipinski definition) is 0. The molecule has 2 rings (SSSR count). The molecule has 3 heteroatoms. The van der Waals surface area contributed by atoms with Crippen LogP contribution in [0.3, 0.4) is 0 Å². The number of halogens is 1. The zero-order chi connectivity index (χ0) is 11.5. The molecule has 1 unspecified atom stereocenters. The molecule has 2 aromatic rings. The molecule has 1 aromatic carbocycles. The van der Waals surface area contributed by atoms with E-state index >= 15 is 0 Å². The topological polar surface area (TPSA) is 22.0 Å². The highest BCUT2D eigenvalue weighted by atomic mass is 35.5. The average Bonchev–Trinajstić information content (AvgIpc) is 2.32. The van der Waals surface area contributed by atoms with Gasteiger partial charge in [-0.1, -0.05) is 41.9 Å². The fraction of sp³-hybridized carbons (Fsp3) is 0.154. The summed E-state index contributed by atoms with van der Waals surface area (Å²) in [6.07, 6.45) is 1.67. The summed E-state index contributed by atoms with van der Waals surface area (Å²) in [7, 11) is 0. The van der Waals surface area contributed by atoms with E-state index in [1.54, 1.807) is 16.8 Å². The van der Waals surface area contributed by atoms with Crippen LogP contribution in [0.15, 0.2) is 53.5 Å². The van der Waals surface area contributed by atoms with Crippen molar-refractivity contribution in [3.63, 3.8) is 0 Å². The Balaban J connectivity index is 2.45. The van der Waals surface area contributed by atoms with Gasteiger partial charge in [-0.05, 0) is 18.6 Å². The maximum absolute atomic E-state index is 11.7. The largest absolute Gasteiger partial charge is 0.307 e. The lowest BCUT2D eigenvalue weighted by atomic mass is 10.1. The summed E-state index contributed by atoms with van der Waals surface area (Å²) in [6, 6.07) is 13.0. The third-order valence-corrected chi connectivity index (χ3v) is 2.82. The van der Waals surface area contributed by atoms with Gasteiger partial charge in [-0.3, -0.25) is 4.79 Å². The lowest BCUT2D eigenvalue weighted by Gasteiger charge is -2.15. The molecule has 0 spiro atoms. The highest BCUT2D eigenvalue weighted by molar-refractivity contribution is 6.30. The van der Waals surface area contributed by atoms with Crippen LogP contribution in [0, 0.1) is 0 Å². The van der Waals surface area contributed by atoms with Crippen molar-refractivity contribution < 1.29 is 0 Å². The number of hydrogen-bond acceptors (Lipinski definition) is 1. The zero-order valence-corrected chi connectivity index (χ0v) is 9.69. The second-order valence-corrected chi connectivity index (χ2v) is 4.12. The standard InChI is InChI=1S/C13H12ClNO/c1-10(11-5-3-2-4-6-11)15-9-12(14)7-8-13(15)16/h2-10H,1H3. The summed E-state index contributed by atoms with van der Waals surface area (Å²) in [5.41, 5.74) is 1.05. The van der Waals surface area contributed by atoms with Gasteiger partial charge in [0, 0.05) is 12.3 Å². The minimum Gasteiger partial charge on any atom is -0.307 e. The van der Waals surface area contributed by atoms with Crippen LogP contribution in [-0.4, -0.2) is 4.57 Å². The fourth-order valence-corrected chi connectivity index (χ4v) is 1.84. The van der Waals surface area contributed by atoms with Crippen LogP contribution in [0.5, 0.6) is 0 Å². The lowest BCUT2D eigenvalue weighted by Crippen LogP contribution is -2.22. The quantitative estimate of drug-likeness (QED) is 0.781. The SMILES string of the molecule is CC(c1ccccc1)n1cc(Cl)ccc1=O. The number of pyridine rings is 1. The Labute approximate surface area is 99.1 Å². The summed E-state index contributed by atoms with van der Waals surface area (Å²) in [5.74, 6) is 0. The molecular weight excluding hydrogens is 222 g/mol. The van der Waals surface area contributed by atoms with Gasteiger partial charge in [0.25, 0.3) is 5.56 Å². The molecule has 0 bridgehead atoms. The van der Waals surface area contributed by atoms with Gasteiger partial charge in [0.2, 0.25) is 0 Å². The van der Waals surface area contributed by atoms with E-state index in [1.165, 1.54) is 6.07 Å². The van der Waals surface area contributed by atoms with E-state index in [0.717, 1.165) is 5.56 Å². The smallest absolute Gasteiger partial charge is 0.251 e. The predicted octanol–water partition coefficient (Wildman–Crippen LogP) is 3.11. The van der Waals surface area contributed by atoms with E-state index in [2.05, 4.69) is 0 Å². The highest BCUT2D eigenvalue weighted by Gasteiger charge is 2.08. The van der Waals surface area contributed by atoms with E-state index in [0.29, 0.717) is 5.02 Å². The molecule has 16 heavy (non-hydrogen) atoms. The number of rotatable bonds is 2. The maximum Gasteiger partial charge on any atom is 0.251 e. The molecule has 0 fully saturated rings. The first-order chi connectivity index (χ1) is 7.68. The molecule has 0 aliphatic heterocycles. The monoisotopic (exact) mass is 233 g/mol. The van der Waals surface area contributed by atoms with Crippen LogP contribution >= 0.6 is 11.6 Å². The lowest BCUT2D eigenvalue weighted by molar-refractivity contribution is 0.615. The van der Waals surface area contributed by atoms with Crippen molar-refractivity contribution in [3.05, 3.63) is 69.6 Å². The number of aromatic nitrogens is 1. The molecule has 0 aliphatic rings. The average molecular weight is 234 g/mol. The summed E-state index contributed by atoms with van der Waals surface area (Å²) in [6.45, 7) is 1.98. The van der Waals surface area contributed by atoms with E-state index in [-0.39, 0.29) is 11.6 Å². The van der Waals surface area contributed by atoms with Crippen molar-refractivity contribution in [1.29, 1.82) is 0 Å². The molecule has 0 saturated heterocycles. The highest BCUT2D eigenvalue weighted by Crippen LogP contribution is 2.16. The van der Waals surface area contributed by atoms with Crippen LogP contribution in [0.25, 0.3) is 0 Å². The second-order valence-electron chi connectivity index (χ2n) is 3.68. The predicted molar refractivity (Wildman–Crippen MR) is 66.0 cm³/mol. The van der Waals surface area contributed by atoms with Crippen molar-refractivity contribution in [2.24, 2.45) is 0 Å². The Morgan fingerprint density at radius 2 is 1.81 bits per heavy atom. The van der Waals surface area contributed by atoms with Crippen molar-refractivity contribution >= 4 is 11.6 Å². The van der Waals surface area contributed by atoms with Crippen molar-refractivity contribution in [2.75, 3.05) is 0 Å². The Morgan fingerprint density at radius 3 is 2.50 bits per heavy atom. The third-order valence-electron chi connectivity index (χ3n) is 2.60. The molecule has 1 aromatic heterocycles. The molecular formula is C13H12ClNO. The molecule has 0 radical (unpaired) electrons. The van der Waals surface area contributed by atoms with Gasteiger partial charge in [0.15, 0.2) is 0 Å². The number of benzene rings is 1. The molecule has 0 saturated carbocycles. The van der Waals surface area contributed by atoms with Crippen LogP contribution in [0.2, 0.25) is 5.02 Å². The van der Waals surface area contributed by atoms with Gasteiger partial charge in [-0.15, -0.1) is 0 Å². The molecule has 82 valence electrons. The van der Waals surface area contributed by atoms with Gasteiger partial charge in [0.1, 0.15) is 0 Å². The second kappa shape index (κ2) is 4.54. The van der Waals surface area contributed by atoms with E-state index in [4.69, 9.17) is 11.6 Å². The first-order valence-corrected chi connectivity index (χ1v) is 5.49. The summed E-state index contributed by atoms with van der Waals surface area (Å²) >= 11 is 5.89. The zero-order valence-electron chi connectivity index (χ0n) is 8.93. The van der Waals surface area contributed by atoms with Gasteiger partial charge in [0.05, 0.1) is 11.1 Å². The van der Waals surface area contributed by atoms with E-state index < -0.39 is 0 Å². The van der Waals surface area contributed by atoms with Crippen LogP contribution < -0.4 is 5.56 Å². The fourth-order valence-electron chi connectivity index (χ4n) is 1.67. The van der Waals surface area contributed by atoms with Crippen LogP contribution in [0.1, 0.15) is 18.5 Å². The maximum atomic E-state index is 11.7. The first-order valence-electron chi connectivity index (χ1n) is 5.11. The van der Waals surface area contributed by atoms with Gasteiger partial charge in [-0.25, -0.2) is 0 Å². The minimum absolute atomic E-state index is 0.00704. The summed E-state index contributed by atoms with van der Waals surface area (Å²) < 4.78 is 1.64. The molecule has 0 N–H and O–H groups in total. The van der Waals surface area contributed by atoms with Gasteiger partial charge in [-0.2, -0.15) is 0 Å². The van der Waals surface area contributed by atoms with Crippen molar-refractivity contribution in [2.45, 2.75) is 13.0 Å². The van der Waals surface area contributed by atoms with Gasteiger partial charge >= 0.3 is 0 Å². The molecule has 0 amide bonds. The Kier molecular flexibility index (Phi) is 3.11. The number of nitrogens with zero attached hydrogens (tertiary/aromatic N) is 1. The molecule has 1 heterocycles. The third kappa shape index (κ3) is 2.17. The minimum atomic E-state index is -0.0410. The summed E-state index contributed by atoms with van der Waals surface area (Å²) in [4.78, 5) is 11.7. The molecule has 2 nitrogen and oxygen atoms in total. The van der Waals surface area contributed by atoms with Crippen molar-refractivity contribution in [1.82, 2.24) is 4.57 Å². The summed E-state index contributed by atoms with van der Waals surface area (Å²) in [5, 5.41) is 0.572. The van der Waals surface area contributed by atoms with E-state index in [1.807, 2.05) is 37.3 Å². The van der Waals surface area contributed by atoms with Gasteiger partial charge < -0.3 is 4.57 Å². The Bertz CT molecular complexity index is 533. The Morgan fingerprint density at radius 1 is 1.12 bits per heavy atom. The Hall–Kier alpha value is -1.54. The van der Waals surface area contributed by atoms with Crippen molar-refractivity contribution in [3.8, 4) is 0 Å². The molecule has 1 atom stereocenters. The van der Waals surface area contributed by atoms with Crippen LogP contribution in [-0.2, 0) is 0 Å². The first kappa shape index (κ1) is 11.0. The van der Waals surface area contributed by atoms with Crippen LogP contribution in [0.4, 0.5) is 0 Å².